The van der Waals surface area contributed by atoms with E-state index in [1.807, 2.05) is 0 Å². The molecule has 0 fully saturated rings. The van der Waals surface area contributed by atoms with Gasteiger partial charge in [-0.3, -0.25) is 0 Å². The van der Waals surface area contributed by atoms with Crippen molar-refractivity contribution in [3.8, 4) is 5.69 Å². The molecule has 2 rings (SSSR count). The summed E-state index contributed by atoms with van der Waals surface area (Å²) in [7, 11) is 0. The van der Waals surface area contributed by atoms with Gasteiger partial charge in [0.25, 0.3) is 5.82 Å². The molecule has 2 nitrogen and oxygen atoms in total. The third kappa shape index (κ3) is 9.19. The van der Waals surface area contributed by atoms with Crippen molar-refractivity contribution in [2.45, 2.75) is 117 Å². The number of hydrogen-bond donors (Lipinski definition) is 0. The van der Waals surface area contributed by atoms with E-state index in [-0.39, 0.29) is 0 Å². The lowest BCUT2D eigenvalue weighted by atomic mass is 10.1. The highest BCUT2D eigenvalue weighted by molar-refractivity contribution is 5.31. The summed E-state index contributed by atoms with van der Waals surface area (Å²) in [5, 5.41) is 0. The van der Waals surface area contributed by atoms with Crippen molar-refractivity contribution in [1.29, 1.82) is 0 Å². The van der Waals surface area contributed by atoms with E-state index in [1.165, 1.54) is 108 Å². The molecule has 0 atom stereocenters. The van der Waals surface area contributed by atoms with Gasteiger partial charge >= 0.3 is 0 Å². The third-order valence-corrected chi connectivity index (χ3v) is 6.05. The molecule has 2 aromatic rings. The first-order chi connectivity index (χ1) is 14.4. The number of imidazole rings is 1. The summed E-state index contributed by atoms with van der Waals surface area (Å²) in [6.07, 6.45) is 25.1. The fraction of sp³-hybridized carbons (Fsp3) is 0.667. The smallest absolute Gasteiger partial charge is 0.234 e. The minimum Gasteiger partial charge on any atom is -0.234 e. The van der Waals surface area contributed by atoms with Crippen LogP contribution in [0.2, 0.25) is 0 Å². The summed E-state index contributed by atoms with van der Waals surface area (Å²) in [6.45, 7) is 5.75. The number of hydrogen-bond acceptors (Lipinski definition) is 0. The number of para-hydroxylation sites is 1. The Morgan fingerprint density at radius 3 is 1.83 bits per heavy atom. The molecule has 162 valence electrons. The second-order valence-electron chi connectivity index (χ2n) is 8.61. The molecule has 0 aliphatic heterocycles. The van der Waals surface area contributed by atoms with Crippen molar-refractivity contribution in [3.63, 3.8) is 0 Å². The number of aryl methyl sites for hydroxylation is 1. The molecule has 1 aromatic heterocycles. The Morgan fingerprint density at radius 2 is 1.21 bits per heavy atom. The second kappa shape index (κ2) is 15.3. The fourth-order valence-electron chi connectivity index (χ4n) is 4.23. The topological polar surface area (TPSA) is 8.81 Å². The van der Waals surface area contributed by atoms with Crippen LogP contribution in [0.25, 0.3) is 5.69 Å². The van der Waals surface area contributed by atoms with Gasteiger partial charge in [-0.05, 0) is 31.4 Å². The average molecular weight is 398 g/mol. The summed E-state index contributed by atoms with van der Waals surface area (Å²) < 4.78 is 4.91. The third-order valence-electron chi connectivity index (χ3n) is 6.05. The quantitative estimate of drug-likeness (QED) is 0.190. The van der Waals surface area contributed by atoms with E-state index < -0.39 is 0 Å². The lowest BCUT2D eigenvalue weighted by molar-refractivity contribution is -0.704. The van der Waals surface area contributed by atoms with Crippen LogP contribution in [0.5, 0.6) is 0 Å². The van der Waals surface area contributed by atoms with Gasteiger partial charge in [0.15, 0.2) is 0 Å². The zero-order valence-corrected chi connectivity index (χ0v) is 19.2. The van der Waals surface area contributed by atoms with E-state index in [2.05, 4.69) is 65.7 Å². The van der Waals surface area contributed by atoms with E-state index in [4.69, 9.17) is 0 Å². The van der Waals surface area contributed by atoms with Crippen LogP contribution in [-0.2, 0) is 13.0 Å². The molecular formula is C27H45N2+. The van der Waals surface area contributed by atoms with Gasteiger partial charge in [-0.2, -0.15) is 4.57 Å². The Morgan fingerprint density at radius 1 is 0.655 bits per heavy atom. The van der Waals surface area contributed by atoms with Gasteiger partial charge in [0, 0.05) is 6.42 Å². The minimum absolute atomic E-state index is 1.16. The van der Waals surface area contributed by atoms with Crippen molar-refractivity contribution < 1.29 is 4.57 Å². The molecule has 1 aromatic carbocycles. The largest absolute Gasteiger partial charge is 0.261 e. The van der Waals surface area contributed by atoms with Crippen LogP contribution < -0.4 is 4.57 Å². The van der Waals surface area contributed by atoms with E-state index in [1.54, 1.807) is 0 Å². The van der Waals surface area contributed by atoms with Crippen molar-refractivity contribution in [2.24, 2.45) is 0 Å². The molecule has 1 heterocycles. The van der Waals surface area contributed by atoms with Crippen LogP contribution in [0.3, 0.4) is 0 Å². The molecule has 0 spiro atoms. The van der Waals surface area contributed by atoms with Crippen molar-refractivity contribution in [3.05, 3.63) is 48.5 Å². The van der Waals surface area contributed by atoms with Crippen LogP contribution in [0, 0.1) is 0 Å². The second-order valence-corrected chi connectivity index (χ2v) is 8.61. The standard InChI is InChI=1S/C27H45N2/c1-3-5-7-8-9-10-11-12-13-14-19-23-28-24-25-29(26-20-17-15-18-21-26)27(28)22-16-6-4-2/h15,17-18,20-21,24-25H,3-14,16,19,22-23H2,1-2H3/q+1. The van der Waals surface area contributed by atoms with E-state index >= 15 is 0 Å². The van der Waals surface area contributed by atoms with Crippen LogP contribution >= 0.6 is 0 Å². The normalized spacial score (nSPS) is 11.2. The Balaban J connectivity index is 1.72. The predicted molar refractivity (Wildman–Crippen MR) is 126 cm³/mol. The monoisotopic (exact) mass is 397 g/mol. The molecule has 0 saturated heterocycles. The zero-order chi connectivity index (χ0) is 20.6. The molecule has 0 saturated carbocycles. The molecule has 0 aliphatic carbocycles. The molecule has 29 heavy (non-hydrogen) atoms. The van der Waals surface area contributed by atoms with Gasteiger partial charge in [0.1, 0.15) is 18.1 Å². The maximum Gasteiger partial charge on any atom is 0.261 e. The van der Waals surface area contributed by atoms with E-state index in [9.17, 15) is 0 Å². The molecule has 0 N–H and O–H groups in total. The van der Waals surface area contributed by atoms with Crippen LogP contribution in [0.4, 0.5) is 0 Å². The highest BCUT2D eigenvalue weighted by Gasteiger charge is 2.17. The van der Waals surface area contributed by atoms with Crippen molar-refractivity contribution >= 4 is 0 Å². The van der Waals surface area contributed by atoms with Crippen molar-refractivity contribution in [1.82, 2.24) is 4.57 Å². The fourth-order valence-corrected chi connectivity index (χ4v) is 4.23. The highest BCUT2D eigenvalue weighted by Crippen LogP contribution is 2.14. The Kier molecular flexibility index (Phi) is 12.5. The van der Waals surface area contributed by atoms with Gasteiger partial charge in [-0.25, -0.2) is 4.57 Å². The summed E-state index contributed by atoms with van der Waals surface area (Å²) in [4.78, 5) is 0. The first-order valence-electron chi connectivity index (χ1n) is 12.5. The van der Waals surface area contributed by atoms with Gasteiger partial charge in [-0.1, -0.05) is 103 Å². The number of unbranched alkanes of at least 4 members (excludes halogenated alkanes) is 12. The molecule has 0 aliphatic rings. The van der Waals surface area contributed by atoms with E-state index in [0.29, 0.717) is 0 Å². The molecule has 0 radical (unpaired) electrons. The Bertz CT molecular complexity index is 629. The minimum atomic E-state index is 1.16. The zero-order valence-electron chi connectivity index (χ0n) is 19.2. The van der Waals surface area contributed by atoms with Gasteiger partial charge in [-0.15, -0.1) is 0 Å². The van der Waals surface area contributed by atoms with Crippen LogP contribution in [0.15, 0.2) is 42.7 Å². The molecule has 2 heteroatoms. The lowest BCUT2D eigenvalue weighted by Crippen LogP contribution is -2.37. The highest BCUT2D eigenvalue weighted by atomic mass is 15.1. The van der Waals surface area contributed by atoms with E-state index in [0.717, 1.165) is 6.54 Å². The maximum absolute atomic E-state index is 2.51. The molecule has 0 unspecified atom stereocenters. The average Bonchev–Trinajstić information content (AvgIpc) is 3.15. The molecule has 0 amide bonds. The van der Waals surface area contributed by atoms with Crippen molar-refractivity contribution in [2.75, 3.05) is 0 Å². The lowest BCUT2D eigenvalue weighted by Gasteiger charge is -2.06. The molecular weight excluding hydrogens is 352 g/mol. The SMILES string of the molecule is CCCCCCCCCCCCC[n+]1ccn(-c2ccccc2)c1CCCCC. The predicted octanol–water partition coefficient (Wildman–Crippen LogP) is 7.81. The first kappa shape index (κ1) is 23.7. The number of nitrogens with zero attached hydrogens (tertiary/aromatic N) is 2. The number of benzene rings is 1. The summed E-state index contributed by atoms with van der Waals surface area (Å²) in [5.41, 5.74) is 1.29. The number of rotatable bonds is 17. The Hall–Kier alpha value is -1.57. The molecule has 0 bridgehead atoms. The first-order valence-corrected chi connectivity index (χ1v) is 12.5. The summed E-state index contributed by atoms with van der Waals surface area (Å²) in [6, 6.07) is 10.8. The van der Waals surface area contributed by atoms with Gasteiger partial charge < -0.3 is 0 Å². The Labute approximate surface area is 180 Å². The van der Waals surface area contributed by atoms with Crippen LogP contribution in [-0.4, -0.2) is 4.57 Å². The van der Waals surface area contributed by atoms with Crippen LogP contribution in [0.1, 0.15) is 110 Å². The van der Waals surface area contributed by atoms with Gasteiger partial charge in [0.2, 0.25) is 0 Å². The number of aromatic nitrogens is 2. The van der Waals surface area contributed by atoms with Gasteiger partial charge in [0.05, 0.1) is 6.54 Å². The maximum atomic E-state index is 2.51. The summed E-state index contributed by atoms with van der Waals surface area (Å²) >= 11 is 0. The summed E-state index contributed by atoms with van der Waals surface area (Å²) in [5.74, 6) is 1.47.